The number of hydrogen-bond donors (Lipinski definition) is 0. The molecule has 7 nitrogen and oxygen atoms in total. The van der Waals surface area contributed by atoms with Gasteiger partial charge in [0.2, 0.25) is 0 Å². The van der Waals surface area contributed by atoms with Crippen LogP contribution in [0.4, 0.5) is 5.82 Å². The van der Waals surface area contributed by atoms with Crippen molar-refractivity contribution in [1.29, 1.82) is 0 Å². The molecule has 3 heterocycles. The van der Waals surface area contributed by atoms with Gasteiger partial charge in [0.05, 0.1) is 12.2 Å². The molecule has 2 aromatic heterocycles. The van der Waals surface area contributed by atoms with Crippen molar-refractivity contribution < 1.29 is 0 Å². The number of rotatable bonds is 5. The van der Waals surface area contributed by atoms with Crippen molar-refractivity contribution in [3.8, 4) is 0 Å². The number of hydrogen-bond acceptors (Lipinski definition) is 6. The maximum Gasteiger partial charge on any atom is 0.151 e. The molecular formula is C16H25N7. The van der Waals surface area contributed by atoms with Crippen LogP contribution in [0.15, 0.2) is 24.8 Å². The summed E-state index contributed by atoms with van der Waals surface area (Å²) in [5, 5.41) is 12.9. The molecule has 0 N–H and O–H groups in total. The lowest BCUT2D eigenvalue weighted by atomic mass is 9.92. The van der Waals surface area contributed by atoms with Gasteiger partial charge in [-0.25, -0.2) is 4.98 Å². The monoisotopic (exact) mass is 315 g/mol. The Kier molecular flexibility index (Phi) is 4.30. The van der Waals surface area contributed by atoms with Crippen LogP contribution in [0.3, 0.4) is 0 Å². The van der Waals surface area contributed by atoms with Crippen molar-refractivity contribution in [3.05, 3.63) is 30.5 Å². The molecule has 1 fully saturated rings. The quantitative estimate of drug-likeness (QED) is 0.826. The molecule has 0 atom stereocenters. The van der Waals surface area contributed by atoms with Crippen LogP contribution < -0.4 is 4.90 Å². The predicted molar refractivity (Wildman–Crippen MR) is 89.4 cm³/mol. The average molecular weight is 315 g/mol. The summed E-state index contributed by atoms with van der Waals surface area (Å²) in [6.07, 6.45) is 3.33. The highest BCUT2D eigenvalue weighted by atomic mass is 15.4. The Hall–Kier alpha value is -2.02. The molecule has 3 rings (SSSR count). The maximum absolute atomic E-state index is 4.38. The molecule has 1 aliphatic heterocycles. The summed E-state index contributed by atoms with van der Waals surface area (Å²) < 4.78 is 1.86. The minimum absolute atomic E-state index is 0.0462. The van der Waals surface area contributed by atoms with Gasteiger partial charge in [-0.3, -0.25) is 9.58 Å². The number of aromatic nitrogens is 5. The summed E-state index contributed by atoms with van der Waals surface area (Å²) >= 11 is 0. The van der Waals surface area contributed by atoms with Crippen molar-refractivity contribution in [2.75, 3.05) is 31.6 Å². The van der Waals surface area contributed by atoms with E-state index >= 15 is 0 Å². The zero-order valence-electron chi connectivity index (χ0n) is 14.3. The van der Waals surface area contributed by atoms with E-state index in [1.807, 2.05) is 4.68 Å². The van der Waals surface area contributed by atoms with E-state index in [0.29, 0.717) is 6.04 Å². The molecule has 0 spiro atoms. The van der Waals surface area contributed by atoms with E-state index in [0.717, 1.165) is 37.7 Å². The van der Waals surface area contributed by atoms with Crippen LogP contribution in [0, 0.1) is 0 Å². The zero-order valence-corrected chi connectivity index (χ0v) is 14.3. The second-order valence-electron chi connectivity index (χ2n) is 7.22. The van der Waals surface area contributed by atoms with Crippen molar-refractivity contribution >= 4 is 5.82 Å². The Balaban J connectivity index is 1.48. The van der Waals surface area contributed by atoms with Crippen molar-refractivity contribution in [2.45, 2.75) is 38.8 Å². The lowest BCUT2D eigenvalue weighted by Gasteiger charge is -2.44. The number of likely N-dealkylation sites (N-methyl/N-ethyl adjacent to an activating group) is 1. The van der Waals surface area contributed by atoms with E-state index in [2.05, 4.69) is 70.0 Å². The fourth-order valence-corrected chi connectivity index (χ4v) is 2.61. The van der Waals surface area contributed by atoms with Crippen molar-refractivity contribution in [1.82, 2.24) is 29.9 Å². The van der Waals surface area contributed by atoms with Crippen LogP contribution in [0.25, 0.3) is 0 Å². The Labute approximate surface area is 137 Å². The summed E-state index contributed by atoms with van der Waals surface area (Å²) in [5.74, 6) is 0.971. The third-order valence-electron chi connectivity index (χ3n) is 4.38. The van der Waals surface area contributed by atoms with Gasteiger partial charge < -0.3 is 4.90 Å². The van der Waals surface area contributed by atoms with Gasteiger partial charge in [-0.15, -0.1) is 5.10 Å². The van der Waals surface area contributed by atoms with Crippen LogP contribution in [0.1, 0.15) is 26.5 Å². The van der Waals surface area contributed by atoms with Gasteiger partial charge >= 0.3 is 0 Å². The minimum atomic E-state index is 0.0462. The largest absolute Gasteiger partial charge is 0.352 e. The van der Waals surface area contributed by atoms with E-state index in [1.54, 1.807) is 12.7 Å². The molecule has 1 aliphatic rings. The average Bonchev–Trinajstić information content (AvgIpc) is 2.96. The number of nitrogens with zero attached hydrogens (tertiary/aromatic N) is 7. The molecule has 0 aromatic carbocycles. The van der Waals surface area contributed by atoms with Crippen LogP contribution in [0.2, 0.25) is 0 Å². The topological polar surface area (TPSA) is 63.0 Å². The summed E-state index contributed by atoms with van der Waals surface area (Å²) in [7, 11) is 2.16. The molecule has 23 heavy (non-hydrogen) atoms. The van der Waals surface area contributed by atoms with Gasteiger partial charge in [0.1, 0.15) is 12.7 Å². The van der Waals surface area contributed by atoms with Crippen molar-refractivity contribution in [3.63, 3.8) is 0 Å². The SMILES string of the molecule is CN(CCn1cncn1)C1CN(c2ccc(C(C)(C)C)nn2)C1. The standard InChI is InChI=1S/C16H25N7/c1-16(2,3)14-5-6-15(20-19-14)22-9-13(10-22)21(4)7-8-23-12-17-11-18-23/h5-6,11-13H,7-10H2,1-4H3. The summed E-state index contributed by atoms with van der Waals surface area (Å²) in [5.41, 5.74) is 1.08. The van der Waals surface area contributed by atoms with Crippen LogP contribution in [0.5, 0.6) is 0 Å². The van der Waals surface area contributed by atoms with E-state index < -0.39 is 0 Å². The normalized spacial score (nSPS) is 16.0. The molecule has 0 saturated carbocycles. The first-order chi connectivity index (χ1) is 10.9. The molecule has 0 unspecified atom stereocenters. The van der Waals surface area contributed by atoms with Gasteiger partial charge in [-0.1, -0.05) is 20.8 Å². The molecule has 0 amide bonds. The summed E-state index contributed by atoms with van der Waals surface area (Å²) in [4.78, 5) is 8.61. The first-order valence-electron chi connectivity index (χ1n) is 8.05. The highest BCUT2D eigenvalue weighted by Gasteiger charge is 2.31. The lowest BCUT2D eigenvalue weighted by molar-refractivity contribution is 0.195. The van der Waals surface area contributed by atoms with Gasteiger partial charge in [0, 0.05) is 31.1 Å². The Morgan fingerprint density at radius 2 is 2.00 bits per heavy atom. The smallest absolute Gasteiger partial charge is 0.151 e. The Morgan fingerprint density at radius 3 is 2.57 bits per heavy atom. The third kappa shape index (κ3) is 3.67. The summed E-state index contributed by atoms with van der Waals surface area (Å²) in [6, 6.07) is 4.73. The van der Waals surface area contributed by atoms with Gasteiger partial charge in [-0.2, -0.15) is 10.2 Å². The molecule has 0 radical (unpaired) electrons. The molecule has 0 aliphatic carbocycles. The second-order valence-corrected chi connectivity index (χ2v) is 7.22. The van der Waals surface area contributed by atoms with E-state index in [-0.39, 0.29) is 5.41 Å². The fraction of sp³-hybridized carbons (Fsp3) is 0.625. The van der Waals surface area contributed by atoms with Crippen LogP contribution in [-0.4, -0.2) is 62.6 Å². The molecule has 7 heteroatoms. The molecule has 2 aromatic rings. The van der Waals surface area contributed by atoms with E-state index in [4.69, 9.17) is 0 Å². The maximum atomic E-state index is 4.38. The minimum Gasteiger partial charge on any atom is -0.352 e. The highest BCUT2D eigenvalue weighted by Crippen LogP contribution is 2.24. The Bertz CT molecular complexity index is 609. The highest BCUT2D eigenvalue weighted by molar-refractivity contribution is 5.42. The zero-order chi connectivity index (χ0) is 16.4. The molecular weight excluding hydrogens is 290 g/mol. The molecule has 124 valence electrons. The van der Waals surface area contributed by atoms with Gasteiger partial charge in [0.15, 0.2) is 5.82 Å². The predicted octanol–water partition coefficient (Wildman–Crippen LogP) is 1.19. The van der Waals surface area contributed by atoms with Crippen LogP contribution in [-0.2, 0) is 12.0 Å². The van der Waals surface area contributed by atoms with Gasteiger partial charge in [-0.05, 0) is 19.2 Å². The first kappa shape index (κ1) is 15.9. The van der Waals surface area contributed by atoms with E-state index in [9.17, 15) is 0 Å². The molecule has 0 bridgehead atoms. The molecule has 1 saturated heterocycles. The van der Waals surface area contributed by atoms with E-state index in [1.165, 1.54) is 0 Å². The fourth-order valence-electron chi connectivity index (χ4n) is 2.61. The first-order valence-corrected chi connectivity index (χ1v) is 8.05. The Morgan fingerprint density at radius 1 is 1.22 bits per heavy atom. The van der Waals surface area contributed by atoms with Crippen molar-refractivity contribution in [2.24, 2.45) is 0 Å². The lowest BCUT2D eigenvalue weighted by Crippen LogP contribution is -2.59. The second kappa shape index (κ2) is 6.23. The van der Waals surface area contributed by atoms with Crippen LogP contribution >= 0.6 is 0 Å². The number of anilines is 1. The summed E-state index contributed by atoms with van der Waals surface area (Å²) in [6.45, 7) is 10.3. The third-order valence-corrected chi connectivity index (χ3v) is 4.38. The van der Waals surface area contributed by atoms with Gasteiger partial charge in [0.25, 0.3) is 0 Å².